The highest BCUT2D eigenvalue weighted by Gasteiger charge is 2.31. The number of amides is 1. The largest absolute Gasteiger partial charge is 0.333 e. The summed E-state index contributed by atoms with van der Waals surface area (Å²) in [5, 5.41) is 11.0. The van der Waals surface area contributed by atoms with Crippen molar-refractivity contribution in [3.63, 3.8) is 0 Å². The predicted molar refractivity (Wildman–Crippen MR) is 109 cm³/mol. The Kier molecular flexibility index (Phi) is 5.88. The summed E-state index contributed by atoms with van der Waals surface area (Å²) < 4.78 is 28.0. The van der Waals surface area contributed by atoms with Crippen molar-refractivity contribution < 1.29 is 18.1 Å². The van der Waals surface area contributed by atoms with Gasteiger partial charge in [-0.25, -0.2) is 8.42 Å². The van der Waals surface area contributed by atoms with E-state index < -0.39 is 14.9 Å². The second-order valence-corrected chi connectivity index (χ2v) is 8.93. The van der Waals surface area contributed by atoms with E-state index >= 15 is 0 Å². The molecular formula is C20H23N3O5S. The number of rotatable bonds is 5. The third-order valence-electron chi connectivity index (χ3n) is 5.17. The number of likely N-dealkylation sites (tertiary alicyclic amines) is 1. The maximum absolute atomic E-state index is 13.2. The molecular weight excluding hydrogens is 394 g/mol. The lowest BCUT2D eigenvalue weighted by molar-refractivity contribution is -0.385. The smallest absolute Gasteiger partial charge is 0.270 e. The molecule has 2 aromatic rings. The van der Waals surface area contributed by atoms with Crippen molar-refractivity contribution in [2.45, 2.75) is 50.1 Å². The number of nitro benzene ring substituents is 1. The molecule has 1 aliphatic rings. The zero-order valence-electron chi connectivity index (χ0n) is 16.2. The van der Waals surface area contributed by atoms with Gasteiger partial charge in [-0.05, 0) is 51.3 Å². The van der Waals surface area contributed by atoms with Crippen LogP contribution >= 0.6 is 0 Å². The molecule has 1 heterocycles. The minimum Gasteiger partial charge on any atom is -0.333 e. The Labute approximate surface area is 169 Å². The number of sulfonamides is 1. The summed E-state index contributed by atoms with van der Waals surface area (Å²) >= 11 is 0. The Bertz CT molecular complexity index is 1030. The Balaban J connectivity index is 1.94. The summed E-state index contributed by atoms with van der Waals surface area (Å²) in [7, 11) is -4.11. The first-order chi connectivity index (χ1) is 13.7. The Hall–Kier alpha value is -2.94. The third kappa shape index (κ3) is 4.40. The van der Waals surface area contributed by atoms with Crippen LogP contribution in [0.4, 0.5) is 11.4 Å². The van der Waals surface area contributed by atoms with Crippen LogP contribution in [0, 0.1) is 10.1 Å². The van der Waals surface area contributed by atoms with E-state index in [4.69, 9.17) is 0 Å². The first-order valence-corrected chi connectivity index (χ1v) is 10.9. The third-order valence-corrected chi connectivity index (χ3v) is 6.53. The fraction of sp³-hybridized carbons (Fsp3) is 0.350. The normalized spacial score (nSPS) is 19.6. The van der Waals surface area contributed by atoms with Gasteiger partial charge in [0.1, 0.15) is 0 Å². The number of piperidine rings is 1. The zero-order valence-corrected chi connectivity index (χ0v) is 17.1. The van der Waals surface area contributed by atoms with Crippen molar-refractivity contribution in [3.05, 3.63) is 64.2 Å². The number of hydrogen-bond acceptors (Lipinski definition) is 5. The molecule has 9 heteroatoms. The Morgan fingerprint density at radius 2 is 1.76 bits per heavy atom. The number of nitro groups is 1. The van der Waals surface area contributed by atoms with Crippen molar-refractivity contribution in [1.82, 2.24) is 4.90 Å². The van der Waals surface area contributed by atoms with Crippen LogP contribution in [0.5, 0.6) is 0 Å². The van der Waals surface area contributed by atoms with E-state index in [1.54, 1.807) is 23.1 Å². The minimum atomic E-state index is -4.11. The number of non-ortho nitro benzene ring substituents is 1. The maximum Gasteiger partial charge on any atom is 0.270 e. The summed E-state index contributed by atoms with van der Waals surface area (Å²) in [6, 6.07) is 11.3. The van der Waals surface area contributed by atoms with Gasteiger partial charge in [-0.3, -0.25) is 19.6 Å². The number of carbonyl (C=O) groups is 1. The number of benzene rings is 2. The molecule has 2 aromatic carbocycles. The van der Waals surface area contributed by atoms with Gasteiger partial charge < -0.3 is 4.90 Å². The first-order valence-electron chi connectivity index (χ1n) is 9.39. The zero-order chi connectivity index (χ0) is 21.2. The SMILES string of the molecule is C[C@@H]1CCC[C@@H](C)N1C(=O)c1ccccc1NS(=O)(=O)c1cccc([N+](=O)[O-])c1. The molecule has 1 N–H and O–H groups in total. The monoisotopic (exact) mass is 417 g/mol. The molecule has 0 radical (unpaired) electrons. The van der Waals surface area contributed by atoms with Crippen LogP contribution < -0.4 is 4.72 Å². The quantitative estimate of drug-likeness (QED) is 0.588. The standard InChI is InChI=1S/C20H23N3O5S/c1-14-7-5-8-15(2)22(14)20(24)18-11-3-4-12-19(18)21-29(27,28)17-10-6-9-16(13-17)23(25)26/h3-4,6,9-15,21H,5,7-8H2,1-2H3/t14-,15-/m1/s1. The van der Waals surface area contributed by atoms with Crippen molar-refractivity contribution >= 4 is 27.3 Å². The second-order valence-electron chi connectivity index (χ2n) is 7.25. The highest BCUT2D eigenvalue weighted by molar-refractivity contribution is 7.92. The van der Waals surface area contributed by atoms with Crippen LogP contribution in [0.1, 0.15) is 43.5 Å². The first kappa shape index (κ1) is 20.8. The topological polar surface area (TPSA) is 110 Å². The van der Waals surface area contributed by atoms with E-state index in [0.29, 0.717) is 0 Å². The molecule has 154 valence electrons. The van der Waals surface area contributed by atoms with Gasteiger partial charge in [-0.15, -0.1) is 0 Å². The lowest BCUT2D eigenvalue weighted by Gasteiger charge is -2.39. The Morgan fingerprint density at radius 1 is 1.10 bits per heavy atom. The molecule has 1 saturated heterocycles. The van der Waals surface area contributed by atoms with E-state index in [1.165, 1.54) is 24.3 Å². The van der Waals surface area contributed by atoms with Crippen molar-refractivity contribution in [1.29, 1.82) is 0 Å². The molecule has 2 atom stereocenters. The fourth-order valence-electron chi connectivity index (χ4n) is 3.69. The molecule has 3 rings (SSSR count). The molecule has 0 bridgehead atoms. The number of carbonyl (C=O) groups excluding carboxylic acids is 1. The van der Waals surface area contributed by atoms with Crippen LogP contribution in [0.3, 0.4) is 0 Å². The fourth-order valence-corrected chi connectivity index (χ4v) is 4.81. The van der Waals surface area contributed by atoms with E-state index in [2.05, 4.69) is 4.72 Å². The Morgan fingerprint density at radius 3 is 2.41 bits per heavy atom. The number of para-hydroxylation sites is 1. The molecule has 0 spiro atoms. The average molecular weight is 417 g/mol. The summed E-state index contributed by atoms with van der Waals surface area (Å²) in [4.78, 5) is 25.1. The van der Waals surface area contributed by atoms with Gasteiger partial charge in [-0.1, -0.05) is 18.2 Å². The van der Waals surface area contributed by atoms with Gasteiger partial charge >= 0.3 is 0 Å². The van der Waals surface area contributed by atoms with E-state index in [1.807, 2.05) is 13.8 Å². The van der Waals surface area contributed by atoms with Gasteiger partial charge in [-0.2, -0.15) is 0 Å². The number of anilines is 1. The highest BCUT2D eigenvalue weighted by atomic mass is 32.2. The molecule has 0 aromatic heterocycles. The summed E-state index contributed by atoms with van der Waals surface area (Å²) in [5.74, 6) is -0.234. The molecule has 0 saturated carbocycles. The molecule has 8 nitrogen and oxygen atoms in total. The molecule has 0 aliphatic carbocycles. The van der Waals surface area contributed by atoms with Crippen LogP contribution in [0.15, 0.2) is 53.4 Å². The van der Waals surface area contributed by atoms with Crippen molar-refractivity contribution in [3.8, 4) is 0 Å². The number of nitrogens with zero attached hydrogens (tertiary/aromatic N) is 2. The molecule has 29 heavy (non-hydrogen) atoms. The van der Waals surface area contributed by atoms with Gasteiger partial charge in [0.2, 0.25) is 0 Å². The van der Waals surface area contributed by atoms with Crippen molar-refractivity contribution in [2.75, 3.05) is 4.72 Å². The van der Waals surface area contributed by atoms with Gasteiger partial charge in [0.15, 0.2) is 0 Å². The van der Waals surface area contributed by atoms with Crippen LogP contribution in [0.25, 0.3) is 0 Å². The second kappa shape index (κ2) is 8.20. The summed E-state index contributed by atoms with van der Waals surface area (Å²) in [5.41, 5.74) is 0.0734. The van der Waals surface area contributed by atoms with E-state index in [0.717, 1.165) is 25.3 Å². The van der Waals surface area contributed by atoms with Gasteiger partial charge in [0.25, 0.3) is 21.6 Å². The highest BCUT2D eigenvalue weighted by Crippen LogP contribution is 2.28. The van der Waals surface area contributed by atoms with E-state index in [-0.39, 0.29) is 39.8 Å². The summed E-state index contributed by atoms with van der Waals surface area (Å²) in [6.45, 7) is 3.98. The maximum atomic E-state index is 13.2. The van der Waals surface area contributed by atoms with Crippen LogP contribution in [-0.4, -0.2) is 36.2 Å². The van der Waals surface area contributed by atoms with Gasteiger partial charge in [0, 0.05) is 24.2 Å². The number of hydrogen-bond donors (Lipinski definition) is 1. The minimum absolute atomic E-state index is 0.0627. The average Bonchev–Trinajstić information content (AvgIpc) is 2.68. The summed E-state index contributed by atoms with van der Waals surface area (Å²) in [6.07, 6.45) is 2.85. The van der Waals surface area contributed by atoms with Crippen LogP contribution in [-0.2, 0) is 10.0 Å². The molecule has 1 aliphatic heterocycles. The molecule has 1 amide bonds. The molecule has 0 unspecified atom stereocenters. The number of nitrogens with one attached hydrogen (secondary N) is 1. The van der Waals surface area contributed by atoms with Crippen molar-refractivity contribution in [2.24, 2.45) is 0 Å². The van der Waals surface area contributed by atoms with Crippen LogP contribution in [0.2, 0.25) is 0 Å². The molecule has 1 fully saturated rings. The van der Waals surface area contributed by atoms with E-state index in [9.17, 15) is 23.3 Å². The predicted octanol–water partition coefficient (Wildman–Crippen LogP) is 3.80. The lowest BCUT2D eigenvalue weighted by atomic mass is 9.96. The lowest BCUT2D eigenvalue weighted by Crippen LogP contribution is -2.47. The van der Waals surface area contributed by atoms with Gasteiger partial charge in [0.05, 0.1) is 21.1 Å².